The van der Waals surface area contributed by atoms with Crippen molar-refractivity contribution < 1.29 is 26.3 Å². The van der Waals surface area contributed by atoms with E-state index in [2.05, 4.69) is 9.46 Å². The van der Waals surface area contributed by atoms with Crippen molar-refractivity contribution in [1.82, 2.24) is 0 Å². The summed E-state index contributed by atoms with van der Waals surface area (Å²) in [5.74, 6) is -0.504. The van der Waals surface area contributed by atoms with Crippen molar-refractivity contribution in [3.63, 3.8) is 0 Å². The molecule has 0 atom stereocenters. The van der Waals surface area contributed by atoms with Crippen LogP contribution in [0.1, 0.15) is 5.56 Å². The van der Waals surface area contributed by atoms with Crippen molar-refractivity contribution in [3.05, 3.63) is 53.1 Å². The molecule has 0 radical (unpaired) electrons. The largest absolute Gasteiger partial charge is 0.573 e. The minimum Gasteiger partial charge on any atom is -0.406 e. The summed E-state index contributed by atoms with van der Waals surface area (Å²) in [4.78, 5) is -0.202. The molecule has 4 nitrogen and oxygen atoms in total. The lowest BCUT2D eigenvalue weighted by Gasteiger charge is -2.12. The summed E-state index contributed by atoms with van der Waals surface area (Å²) in [6.07, 6.45) is -4.84. The van der Waals surface area contributed by atoms with E-state index < -0.39 is 22.1 Å². The average molecular weight is 366 g/mol. The third-order valence-electron chi connectivity index (χ3n) is 2.88. The van der Waals surface area contributed by atoms with E-state index in [1.54, 1.807) is 19.1 Å². The summed E-state index contributed by atoms with van der Waals surface area (Å²) in [6.45, 7) is 1.64. The van der Waals surface area contributed by atoms with E-state index in [0.29, 0.717) is 10.6 Å². The van der Waals surface area contributed by atoms with Gasteiger partial charge in [0.2, 0.25) is 0 Å². The van der Waals surface area contributed by atoms with Crippen LogP contribution in [0.4, 0.5) is 18.9 Å². The Morgan fingerprint density at radius 1 is 1.09 bits per heavy atom. The quantitative estimate of drug-likeness (QED) is 0.876. The molecule has 0 saturated heterocycles. The summed E-state index contributed by atoms with van der Waals surface area (Å²) in [5.41, 5.74) is 0.822. The molecule has 0 amide bonds. The van der Waals surface area contributed by atoms with E-state index in [-0.39, 0.29) is 10.6 Å². The summed E-state index contributed by atoms with van der Waals surface area (Å²) in [7, 11) is -3.96. The summed E-state index contributed by atoms with van der Waals surface area (Å²) < 4.78 is 66.8. The van der Waals surface area contributed by atoms with Crippen molar-refractivity contribution >= 4 is 27.3 Å². The maximum Gasteiger partial charge on any atom is 0.573 e. The zero-order chi connectivity index (χ0) is 17.3. The molecule has 0 saturated carbocycles. The molecule has 0 unspecified atom stereocenters. The summed E-state index contributed by atoms with van der Waals surface area (Å²) in [6, 6.07) is 8.59. The molecular formula is C14H11ClF3NO3S. The van der Waals surface area contributed by atoms with Crippen LogP contribution in [0.25, 0.3) is 0 Å². The van der Waals surface area contributed by atoms with Gasteiger partial charge in [0.25, 0.3) is 10.0 Å². The number of anilines is 1. The highest BCUT2D eigenvalue weighted by Crippen LogP contribution is 2.27. The van der Waals surface area contributed by atoms with Crippen LogP contribution in [0, 0.1) is 6.92 Å². The topological polar surface area (TPSA) is 55.4 Å². The number of ether oxygens (including phenoxy) is 1. The maximum atomic E-state index is 12.2. The van der Waals surface area contributed by atoms with Crippen molar-refractivity contribution in [1.29, 1.82) is 0 Å². The minimum absolute atomic E-state index is 0.202. The van der Waals surface area contributed by atoms with Crippen molar-refractivity contribution in [2.75, 3.05) is 4.72 Å². The van der Waals surface area contributed by atoms with Gasteiger partial charge in [-0.1, -0.05) is 17.7 Å². The van der Waals surface area contributed by atoms with Gasteiger partial charge >= 0.3 is 6.36 Å². The second kappa shape index (κ2) is 6.29. The van der Waals surface area contributed by atoms with E-state index in [1.165, 1.54) is 6.07 Å². The lowest BCUT2D eigenvalue weighted by Crippen LogP contribution is -2.17. The molecule has 0 bridgehead atoms. The van der Waals surface area contributed by atoms with Crippen molar-refractivity contribution in [3.8, 4) is 5.75 Å². The lowest BCUT2D eigenvalue weighted by molar-refractivity contribution is -0.274. The molecule has 0 fully saturated rings. The molecular weight excluding hydrogens is 355 g/mol. The molecule has 2 aromatic rings. The van der Waals surface area contributed by atoms with E-state index in [0.717, 1.165) is 24.3 Å². The van der Waals surface area contributed by atoms with Crippen LogP contribution in [0.5, 0.6) is 5.75 Å². The molecule has 0 aromatic heterocycles. The van der Waals surface area contributed by atoms with Gasteiger partial charge in [0.05, 0.1) is 10.6 Å². The van der Waals surface area contributed by atoms with E-state index in [1.807, 2.05) is 0 Å². The Morgan fingerprint density at radius 2 is 1.70 bits per heavy atom. The normalized spacial score (nSPS) is 12.0. The van der Waals surface area contributed by atoms with Crippen LogP contribution >= 0.6 is 11.6 Å². The highest BCUT2D eigenvalue weighted by Gasteiger charge is 2.31. The van der Waals surface area contributed by atoms with Gasteiger partial charge < -0.3 is 4.74 Å². The van der Waals surface area contributed by atoms with Crippen molar-refractivity contribution in [2.45, 2.75) is 18.2 Å². The predicted octanol–water partition coefficient (Wildman–Crippen LogP) is 4.35. The zero-order valence-electron chi connectivity index (χ0n) is 11.7. The first kappa shape index (κ1) is 17.4. The first-order chi connectivity index (χ1) is 10.6. The number of rotatable bonds is 4. The molecule has 124 valence electrons. The SMILES string of the molecule is Cc1c(Cl)cccc1NS(=O)(=O)c1ccc(OC(F)(F)F)cc1. The number of hydrogen-bond acceptors (Lipinski definition) is 3. The fourth-order valence-corrected chi connectivity index (χ4v) is 3.04. The molecule has 2 aromatic carbocycles. The van der Waals surface area contributed by atoms with Crippen LogP contribution in [-0.4, -0.2) is 14.8 Å². The molecule has 0 heterocycles. The third-order valence-corrected chi connectivity index (χ3v) is 4.67. The Balaban J connectivity index is 2.24. The first-order valence-electron chi connectivity index (χ1n) is 6.22. The molecule has 2 rings (SSSR count). The fourth-order valence-electron chi connectivity index (χ4n) is 1.74. The van der Waals surface area contributed by atoms with E-state index in [4.69, 9.17) is 11.6 Å². The predicted molar refractivity (Wildman–Crippen MR) is 80.1 cm³/mol. The van der Waals surface area contributed by atoms with Gasteiger partial charge in [0.15, 0.2) is 0 Å². The smallest absolute Gasteiger partial charge is 0.406 e. The zero-order valence-corrected chi connectivity index (χ0v) is 13.3. The maximum absolute atomic E-state index is 12.2. The van der Waals surface area contributed by atoms with Gasteiger partial charge in [-0.2, -0.15) is 0 Å². The van der Waals surface area contributed by atoms with Crippen LogP contribution in [0.3, 0.4) is 0 Å². The Labute approximate surface area is 135 Å². The average Bonchev–Trinajstić information content (AvgIpc) is 2.42. The second-order valence-corrected chi connectivity index (χ2v) is 6.63. The van der Waals surface area contributed by atoms with Crippen LogP contribution in [-0.2, 0) is 10.0 Å². The number of hydrogen-bond donors (Lipinski definition) is 1. The van der Waals surface area contributed by atoms with Crippen LogP contribution in [0.2, 0.25) is 5.02 Å². The number of alkyl halides is 3. The molecule has 0 spiro atoms. The number of sulfonamides is 1. The van der Waals surface area contributed by atoms with Gasteiger partial charge in [0, 0.05) is 5.02 Å². The van der Waals surface area contributed by atoms with Crippen molar-refractivity contribution in [2.24, 2.45) is 0 Å². The van der Waals surface area contributed by atoms with Gasteiger partial charge in [-0.05, 0) is 48.9 Å². The Morgan fingerprint density at radius 3 is 2.26 bits per heavy atom. The molecule has 23 heavy (non-hydrogen) atoms. The van der Waals surface area contributed by atoms with Gasteiger partial charge in [-0.3, -0.25) is 4.72 Å². The molecule has 9 heteroatoms. The number of nitrogens with one attached hydrogen (secondary N) is 1. The fraction of sp³-hybridized carbons (Fsp3) is 0.143. The summed E-state index contributed by atoms with van der Waals surface area (Å²) in [5, 5.41) is 0.388. The molecule has 0 aliphatic heterocycles. The lowest BCUT2D eigenvalue weighted by atomic mass is 10.2. The number of halogens is 4. The van der Waals surface area contributed by atoms with Crippen LogP contribution < -0.4 is 9.46 Å². The monoisotopic (exact) mass is 365 g/mol. The Kier molecular flexibility index (Phi) is 4.76. The second-order valence-electron chi connectivity index (χ2n) is 4.54. The highest BCUT2D eigenvalue weighted by molar-refractivity contribution is 7.92. The van der Waals surface area contributed by atoms with Crippen LogP contribution in [0.15, 0.2) is 47.4 Å². The highest BCUT2D eigenvalue weighted by atomic mass is 35.5. The first-order valence-corrected chi connectivity index (χ1v) is 8.08. The van der Waals surface area contributed by atoms with Gasteiger partial charge in [-0.15, -0.1) is 13.2 Å². The van der Waals surface area contributed by atoms with E-state index >= 15 is 0 Å². The van der Waals surface area contributed by atoms with E-state index in [9.17, 15) is 21.6 Å². The molecule has 0 aliphatic carbocycles. The Bertz CT molecular complexity index is 805. The minimum atomic E-state index is -4.84. The standard InChI is InChI=1S/C14H11ClF3NO3S/c1-9-12(15)3-2-4-13(9)19-23(20,21)11-7-5-10(6-8-11)22-14(16,17)18/h2-8,19H,1H3. The molecule has 1 N–H and O–H groups in total. The molecule has 0 aliphatic rings. The Hall–Kier alpha value is -1.93. The number of benzene rings is 2. The van der Waals surface area contributed by atoms with Gasteiger partial charge in [-0.25, -0.2) is 8.42 Å². The summed E-state index contributed by atoms with van der Waals surface area (Å²) >= 11 is 5.91. The van der Waals surface area contributed by atoms with Gasteiger partial charge in [0.1, 0.15) is 5.75 Å². The third kappa shape index (κ3) is 4.52.